The molecule has 29 heavy (non-hydrogen) atoms. The molecule has 2 aromatic rings. The SMILES string of the molecule is C=CCn1c(CC2CCCCC2)nnc1SCC(=O)Nc1ccc(OCC)cc1. The number of nitrogens with one attached hydrogen (secondary N) is 1. The van der Waals surface area contributed by atoms with Gasteiger partial charge in [-0.15, -0.1) is 16.8 Å². The van der Waals surface area contributed by atoms with Crippen LogP contribution in [0.5, 0.6) is 5.75 Å². The Morgan fingerprint density at radius 3 is 2.72 bits per heavy atom. The van der Waals surface area contributed by atoms with Gasteiger partial charge in [-0.2, -0.15) is 0 Å². The van der Waals surface area contributed by atoms with E-state index in [4.69, 9.17) is 4.74 Å². The molecular formula is C22H30N4O2S. The highest BCUT2D eigenvalue weighted by Gasteiger charge is 2.19. The Morgan fingerprint density at radius 2 is 2.03 bits per heavy atom. The number of carbonyl (C=O) groups excluding carboxylic acids is 1. The minimum absolute atomic E-state index is 0.0684. The minimum Gasteiger partial charge on any atom is -0.494 e. The van der Waals surface area contributed by atoms with Crippen molar-refractivity contribution in [1.82, 2.24) is 14.8 Å². The zero-order chi connectivity index (χ0) is 20.5. The van der Waals surface area contributed by atoms with Gasteiger partial charge in [-0.1, -0.05) is 49.9 Å². The molecule has 1 aromatic heterocycles. The number of benzene rings is 1. The quantitative estimate of drug-likeness (QED) is 0.450. The summed E-state index contributed by atoms with van der Waals surface area (Å²) < 4.78 is 7.51. The molecule has 3 rings (SSSR count). The van der Waals surface area contributed by atoms with Crippen LogP contribution >= 0.6 is 11.8 Å². The van der Waals surface area contributed by atoms with Gasteiger partial charge in [0.2, 0.25) is 5.91 Å². The first kappa shape index (κ1) is 21.4. The molecule has 0 atom stereocenters. The Hall–Kier alpha value is -2.28. The number of amides is 1. The van der Waals surface area contributed by atoms with E-state index in [-0.39, 0.29) is 11.7 Å². The predicted octanol–water partition coefficient (Wildman–Crippen LogP) is 4.72. The Morgan fingerprint density at radius 1 is 1.28 bits per heavy atom. The highest BCUT2D eigenvalue weighted by molar-refractivity contribution is 7.99. The zero-order valence-corrected chi connectivity index (χ0v) is 17.9. The van der Waals surface area contributed by atoms with Gasteiger partial charge in [0.15, 0.2) is 5.16 Å². The monoisotopic (exact) mass is 414 g/mol. The molecule has 6 nitrogen and oxygen atoms in total. The van der Waals surface area contributed by atoms with E-state index in [1.54, 1.807) is 0 Å². The van der Waals surface area contributed by atoms with Crippen LogP contribution in [0.1, 0.15) is 44.9 Å². The fraction of sp³-hybridized carbons (Fsp3) is 0.500. The maximum absolute atomic E-state index is 12.3. The molecule has 0 unspecified atom stereocenters. The van der Waals surface area contributed by atoms with Crippen LogP contribution < -0.4 is 10.1 Å². The van der Waals surface area contributed by atoms with E-state index in [9.17, 15) is 4.79 Å². The molecule has 1 heterocycles. The summed E-state index contributed by atoms with van der Waals surface area (Å²) in [5.41, 5.74) is 0.754. The van der Waals surface area contributed by atoms with Crippen molar-refractivity contribution in [2.45, 2.75) is 57.1 Å². The lowest BCUT2D eigenvalue weighted by Crippen LogP contribution is -2.15. The average Bonchev–Trinajstić information content (AvgIpc) is 3.10. The summed E-state index contributed by atoms with van der Waals surface area (Å²) in [4.78, 5) is 12.3. The molecule has 0 saturated heterocycles. The highest BCUT2D eigenvalue weighted by atomic mass is 32.2. The third-order valence-corrected chi connectivity index (χ3v) is 6.05. The lowest BCUT2D eigenvalue weighted by Gasteiger charge is -2.21. The molecule has 0 radical (unpaired) electrons. The van der Waals surface area contributed by atoms with Gasteiger partial charge in [-0.3, -0.25) is 4.79 Å². The van der Waals surface area contributed by atoms with Crippen LogP contribution in [0, 0.1) is 5.92 Å². The first-order valence-corrected chi connectivity index (χ1v) is 11.4. The molecule has 1 aliphatic rings. The van der Waals surface area contributed by atoms with Gasteiger partial charge < -0.3 is 14.6 Å². The molecule has 0 bridgehead atoms. The first-order valence-electron chi connectivity index (χ1n) is 10.4. The van der Waals surface area contributed by atoms with Gasteiger partial charge in [-0.25, -0.2) is 0 Å². The van der Waals surface area contributed by atoms with Gasteiger partial charge >= 0.3 is 0 Å². The number of anilines is 1. The lowest BCUT2D eigenvalue weighted by atomic mass is 9.87. The van der Waals surface area contributed by atoms with Crippen molar-refractivity contribution in [3.63, 3.8) is 0 Å². The molecule has 7 heteroatoms. The molecule has 1 amide bonds. The molecule has 0 spiro atoms. The summed E-state index contributed by atoms with van der Waals surface area (Å²) in [7, 11) is 0. The van der Waals surface area contributed by atoms with Crippen LogP contribution in [0.25, 0.3) is 0 Å². The number of nitrogens with zero attached hydrogens (tertiary/aromatic N) is 3. The number of ether oxygens (including phenoxy) is 1. The molecule has 156 valence electrons. The molecule has 1 aliphatic carbocycles. The maximum Gasteiger partial charge on any atom is 0.234 e. The third kappa shape index (κ3) is 6.35. The number of hydrogen-bond acceptors (Lipinski definition) is 5. The predicted molar refractivity (Wildman–Crippen MR) is 117 cm³/mol. The number of carbonyl (C=O) groups is 1. The van der Waals surface area contributed by atoms with E-state index in [1.165, 1.54) is 43.9 Å². The van der Waals surface area contributed by atoms with Gasteiger partial charge in [0, 0.05) is 18.7 Å². The standard InChI is InChI=1S/C22H30N4O2S/c1-3-14-26-20(15-17-8-6-5-7-9-17)24-25-22(26)29-16-21(27)23-18-10-12-19(13-11-18)28-4-2/h3,10-13,17H,1,4-9,14-16H2,2H3,(H,23,27). The van der Waals surface area contributed by atoms with Crippen molar-refractivity contribution in [3.05, 3.63) is 42.7 Å². The summed E-state index contributed by atoms with van der Waals surface area (Å²) in [6.07, 6.45) is 9.33. The fourth-order valence-electron chi connectivity index (χ4n) is 3.67. The number of thioether (sulfide) groups is 1. The van der Waals surface area contributed by atoms with E-state index in [2.05, 4.69) is 26.7 Å². The summed E-state index contributed by atoms with van der Waals surface area (Å²) in [5, 5.41) is 12.4. The second-order valence-electron chi connectivity index (χ2n) is 7.30. The van der Waals surface area contributed by atoms with E-state index >= 15 is 0 Å². The zero-order valence-electron chi connectivity index (χ0n) is 17.1. The summed E-state index contributed by atoms with van der Waals surface area (Å²) >= 11 is 1.41. The Bertz CT molecular complexity index is 798. The third-order valence-electron chi connectivity index (χ3n) is 5.08. The second-order valence-corrected chi connectivity index (χ2v) is 8.24. The van der Waals surface area contributed by atoms with Gasteiger partial charge in [0.1, 0.15) is 11.6 Å². The Kier molecular flexibility index (Phi) is 8.16. The fourth-order valence-corrected chi connectivity index (χ4v) is 4.43. The molecule has 0 aliphatic heterocycles. The van der Waals surface area contributed by atoms with Crippen molar-refractivity contribution < 1.29 is 9.53 Å². The second kappa shape index (κ2) is 11.0. The van der Waals surface area contributed by atoms with E-state index in [1.807, 2.05) is 37.3 Å². The summed E-state index contributed by atoms with van der Waals surface area (Å²) in [6.45, 7) is 7.09. The number of allylic oxidation sites excluding steroid dienone is 1. The molecule has 1 N–H and O–H groups in total. The number of rotatable bonds is 10. The van der Waals surface area contributed by atoms with Crippen LogP contribution in [-0.2, 0) is 17.8 Å². The van der Waals surface area contributed by atoms with Crippen LogP contribution in [-0.4, -0.2) is 33.0 Å². The maximum atomic E-state index is 12.3. The van der Waals surface area contributed by atoms with Crippen molar-refractivity contribution in [1.29, 1.82) is 0 Å². The van der Waals surface area contributed by atoms with Crippen molar-refractivity contribution >= 4 is 23.4 Å². The highest BCUT2D eigenvalue weighted by Crippen LogP contribution is 2.28. The van der Waals surface area contributed by atoms with Crippen LogP contribution in [0.3, 0.4) is 0 Å². The van der Waals surface area contributed by atoms with Crippen molar-refractivity contribution in [2.75, 3.05) is 17.7 Å². The Balaban J connectivity index is 1.56. The van der Waals surface area contributed by atoms with Gasteiger partial charge in [0.25, 0.3) is 0 Å². The van der Waals surface area contributed by atoms with Gasteiger partial charge in [0.05, 0.1) is 12.4 Å². The smallest absolute Gasteiger partial charge is 0.234 e. The van der Waals surface area contributed by atoms with Crippen LogP contribution in [0.2, 0.25) is 0 Å². The molecule has 1 fully saturated rings. The van der Waals surface area contributed by atoms with E-state index in [0.29, 0.717) is 19.1 Å². The number of hydrogen-bond donors (Lipinski definition) is 1. The van der Waals surface area contributed by atoms with Crippen LogP contribution in [0.4, 0.5) is 5.69 Å². The van der Waals surface area contributed by atoms with Crippen LogP contribution in [0.15, 0.2) is 42.1 Å². The summed E-state index contributed by atoms with van der Waals surface area (Å²) in [5.74, 6) is 2.71. The normalized spacial score (nSPS) is 14.5. The first-order chi connectivity index (χ1) is 14.2. The minimum atomic E-state index is -0.0684. The topological polar surface area (TPSA) is 69.0 Å². The molecule has 1 saturated carbocycles. The average molecular weight is 415 g/mol. The van der Waals surface area contributed by atoms with Gasteiger partial charge in [-0.05, 0) is 37.1 Å². The molecule has 1 aromatic carbocycles. The Labute approximate surface area is 177 Å². The summed E-state index contributed by atoms with van der Waals surface area (Å²) in [6, 6.07) is 7.39. The largest absolute Gasteiger partial charge is 0.494 e. The van der Waals surface area contributed by atoms with Crippen molar-refractivity contribution in [2.24, 2.45) is 5.92 Å². The number of aromatic nitrogens is 3. The lowest BCUT2D eigenvalue weighted by molar-refractivity contribution is -0.113. The van der Waals surface area contributed by atoms with E-state index < -0.39 is 0 Å². The van der Waals surface area contributed by atoms with E-state index in [0.717, 1.165) is 28.8 Å². The van der Waals surface area contributed by atoms with Crippen molar-refractivity contribution in [3.8, 4) is 5.75 Å². The molecular weight excluding hydrogens is 384 g/mol.